The molecule has 2 N–H and O–H groups in total. The molecule has 1 atom stereocenters. The van der Waals surface area contributed by atoms with Gasteiger partial charge in [0, 0.05) is 12.1 Å². The van der Waals surface area contributed by atoms with Crippen LogP contribution in [0, 0.1) is 0 Å². The fraction of sp³-hybridized carbons (Fsp3) is 0.600. The Morgan fingerprint density at radius 1 is 1.33 bits per heavy atom. The lowest BCUT2D eigenvalue weighted by atomic mass is 10.1. The van der Waals surface area contributed by atoms with Crippen molar-refractivity contribution >= 4 is 10.0 Å². The van der Waals surface area contributed by atoms with E-state index in [1.54, 1.807) is 12.1 Å². The van der Waals surface area contributed by atoms with Gasteiger partial charge in [0.15, 0.2) is 0 Å². The van der Waals surface area contributed by atoms with Crippen LogP contribution in [0.1, 0.15) is 38.9 Å². The molecule has 0 fully saturated rings. The van der Waals surface area contributed by atoms with Crippen LogP contribution in [0.3, 0.4) is 0 Å². The van der Waals surface area contributed by atoms with E-state index in [0.717, 1.165) is 0 Å². The Bertz CT molecular complexity index is 568. The summed E-state index contributed by atoms with van der Waals surface area (Å²) in [4.78, 5) is 2.15. The second-order valence-corrected chi connectivity index (χ2v) is 7.79. The summed E-state index contributed by atoms with van der Waals surface area (Å²) in [6.07, 6.45) is -0.0942. The first-order valence-corrected chi connectivity index (χ1v) is 8.53. The van der Waals surface area contributed by atoms with E-state index in [4.69, 9.17) is 0 Å². The van der Waals surface area contributed by atoms with Gasteiger partial charge in [-0.3, -0.25) is 0 Å². The molecule has 0 aliphatic rings. The van der Waals surface area contributed by atoms with Crippen LogP contribution < -0.4 is 4.72 Å². The zero-order valence-corrected chi connectivity index (χ0v) is 14.2. The van der Waals surface area contributed by atoms with Crippen molar-refractivity contribution in [3.05, 3.63) is 29.8 Å². The molecular weight excluding hydrogens is 288 g/mol. The van der Waals surface area contributed by atoms with Gasteiger partial charge in [-0.1, -0.05) is 19.1 Å². The average Bonchev–Trinajstić information content (AvgIpc) is 2.44. The van der Waals surface area contributed by atoms with Crippen molar-refractivity contribution < 1.29 is 13.5 Å². The summed E-state index contributed by atoms with van der Waals surface area (Å²) in [5, 5.41) is 9.83. The molecule has 0 heterocycles. The minimum absolute atomic E-state index is 0.182. The number of sulfonamides is 1. The third-order valence-electron chi connectivity index (χ3n) is 3.85. The van der Waals surface area contributed by atoms with Gasteiger partial charge in [0.25, 0.3) is 0 Å². The van der Waals surface area contributed by atoms with Crippen LogP contribution in [0.25, 0.3) is 0 Å². The Balaban J connectivity index is 2.94. The van der Waals surface area contributed by atoms with E-state index >= 15 is 0 Å². The molecule has 0 radical (unpaired) electrons. The summed E-state index contributed by atoms with van der Waals surface area (Å²) in [6.45, 7) is 6.09. The quantitative estimate of drug-likeness (QED) is 0.804. The molecule has 1 rings (SSSR count). The maximum Gasteiger partial charge on any atom is 0.240 e. The first-order chi connectivity index (χ1) is 9.60. The Morgan fingerprint density at radius 2 is 1.95 bits per heavy atom. The zero-order chi connectivity index (χ0) is 16.3. The van der Waals surface area contributed by atoms with E-state index in [0.29, 0.717) is 18.5 Å². The number of nitrogens with one attached hydrogen (secondary N) is 1. The Hall–Kier alpha value is -0.950. The van der Waals surface area contributed by atoms with Crippen molar-refractivity contribution in [3.63, 3.8) is 0 Å². The first-order valence-electron chi connectivity index (χ1n) is 7.05. The summed E-state index contributed by atoms with van der Waals surface area (Å²) in [6, 6.07) is 6.45. The van der Waals surface area contributed by atoms with Crippen LogP contribution in [0.4, 0.5) is 0 Å². The lowest BCUT2D eigenvalue weighted by Gasteiger charge is -2.32. The van der Waals surface area contributed by atoms with Crippen molar-refractivity contribution in [3.8, 4) is 0 Å². The second kappa shape index (κ2) is 6.87. The molecule has 0 bridgehead atoms. The summed E-state index contributed by atoms with van der Waals surface area (Å²) < 4.78 is 27.3. The predicted octanol–water partition coefficient (Wildman–Crippen LogP) is 1.75. The normalized spacial score (nSPS) is 14.4. The highest BCUT2D eigenvalue weighted by Crippen LogP contribution is 2.20. The highest BCUT2D eigenvalue weighted by molar-refractivity contribution is 7.89. The smallest absolute Gasteiger partial charge is 0.240 e. The number of aliphatic hydroxyl groups is 1. The van der Waals surface area contributed by atoms with Gasteiger partial charge in [0.1, 0.15) is 0 Å². The maximum atomic E-state index is 12.4. The molecule has 0 spiro atoms. The van der Waals surface area contributed by atoms with Crippen molar-refractivity contribution in [1.29, 1.82) is 0 Å². The average molecular weight is 314 g/mol. The highest BCUT2D eigenvalue weighted by Gasteiger charge is 2.24. The highest BCUT2D eigenvalue weighted by atomic mass is 32.2. The van der Waals surface area contributed by atoms with Crippen molar-refractivity contribution in [2.75, 3.05) is 20.6 Å². The summed E-state index contributed by atoms with van der Waals surface area (Å²) >= 11 is 0. The van der Waals surface area contributed by atoms with Gasteiger partial charge in [-0.05, 0) is 52.1 Å². The number of rotatable bonds is 7. The third-order valence-corrected chi connectivity index (χ3v) is 5.24. The number of hydrogen-bond acceptors (Lipinski definition) is 4. The summed E-state index contributed by atoms with van der Waals surface area (Å²) in [5.74, 6) is 0. The van der Waals surface area contributed by atoms with Gasteiger partial charge in [0.05, 0.1) is 11.0 Å². The molecular formula is C15H26N2O3S. The topological polar surface area (TPSA) is 69.6 Å². The Labute approximate surface area is 128 Å². The Morgan fingerprint density at radius 3 is 2.48 bits per heavy atom. The molecule has 0 aliphatic heterocycles. The number of nitrogens with zero attached hydrogens (tertiary/aromatic N) is 1. The van der Waals surface area contributed by atoms with Crippen LogP contribution in [0.5, 0.6) is 0 Å². The minimum atomic E-state index is -3.58. The standard InChI is InChI=1S/C15H26N2O3S/c1-6-14(18)12-8-7-9-13(10-12)21(19,20)16-11-15(2,3)17(4)5/h7-10,14,16,18H,6,11H2,1-5H3. The minimum Gasteiger partial charge on any atom is -0.388 e. The van der Waals surface area contributed by atoms with E-state index in [9.17, 15) is 13.5 Å². The van der Waals surface area contributed by atoms with E-state index in [-0.39, 0.29) is 10.4 Å². The number of benzene rings is 1. The molecule has 120 valence electrons. The van der Waals surface area contributed by atoms with Crippen molar-refractivity contribution in [2.45, 2.75) is 43.7 Å². The Kier molecular flexibility index (Phi) is 5.92. The summed E-state index contributed by atoms with van der Waals surface area (Å²) in [5.41, 5.74) is 0.334. The van der Waals surface area contributed by atoms with Crippen LogP contribution in [-0.4, -0.2) is 44.6 Å². The lowest BCUT2D eigenvalue weighted by Crippen LogP contribution is -2.48. The fourth-order valence-corrected chi connectivity index (χ4v) is 2.90. The molecule has 0 saturated heterocycles. The molecule has 0 saturated carbocycles. The predicted molar refractivity (Wildman–Crippen MR) is 84.6 cm³/mol. The molecule has 0 aromatic heterocycles. The van der Waals surface area contributed by atoms with Gasteiger partial charge in [-0.2, -0.15) is 0 Å². The molecule has 21 heavy (non-hydrogen) atoms. The lowest BCUT2D eigenvalue weighted by molar-refractivity contribution is 0.173. The van der Waals surface area contributed by atoms with Gasteiger partial charge in [-0.25, -0.2) is 13.1 Å². The molecule has 1 unspecified atom stereocenters. The molecule has 1 aromatic carbocycles. The number of aliphatic hydroxyl groups excluding tert-OH is 1. The van der Waals surface area contributed by atoms with Crippen LogP contribution >= 0.6 is 0 Å². The van der Waals surface area contributed by atoms with E-state index in [1.165, 1.54) is 12.1 Å². The zero-order valence-electron chi connectivity index (χ0n) is 13.4. The molecule has 0 aliphatic carbocycles. The largest absolute Gasteiger partial charge is 0.388 e. The number of likely N-dealkylation sites (N-methyl/N-ethyl adjacent to an activating group) is 1. The van der Waals surface area contributed by atoms with Gasteiger partial charge in [0.2, 0.25) is 10.0 Å². The summed E-state index contributed by atoms with van der Waals surface area (Å²) in [7, 11) is 0.239. The second-order valence-electron chi connectivity index (χ2n) is 6.03. The fourth-order valence-electron chi connectivity index (χ4n) is 1.64. The first kappa shape index (κ1) is 18.1. The van der Waals surface area contributed by atoms with Crippen molar-refractivity contribution in [2.24, 2.45) is 0 Å². The van der Waals surface area contributed by atoms with E-state index < -0.39 is 16.1 Å². The molecule has 1 aromatic rings. The van der Waals surface area contributed by atoms with E-state index in [1.807, 2.05) is 39.8 Å². The molecule has 0 amide bonds. The van der Waals surface area contributed by atoms with Gasteiger partial charge in [-0.15, -0.1) is 0 Å². The monoisotopic (exact) mass is 314 g/mol. The van der Waals surface area contributed by atoms with Crippen LogP contribution in [0.15, 0.2) is 29.2 Å². The maximum absolute atomic E-state index is 12.4. The van der Waals surface area contributed by atoms with E-state index in [2.05, 4.69) is 4.72 Å². The van der Waals surface area contributed by atoms with Gasteiger partial charge < -0.3 is 10.0 Å². The van der Waals surface area contributed by atoms with Crippen LogP contribution in [-0.2, 0) is 10.0 Å². The molecule has 5 nitrogen and oxygen atoms in total. The van der Waals surface area contributed by atoms with Gasteiger partial charge >= 0.3 is 0 Å². The van der Waals surface area contributed by atoms with Crippen LogP contribution in [0.2, 0.25) is 0 Å². The molecule has 6 heteroatoms. The number of hydrogen-bond donors (Lipinski definition) is 2. The van der Waals surface area contributed by atoms with Crippen molar-refractivity contribution in [1.82, 2.24) is 9.62 Å². The SMILES string of the molecule is CCC(O)c1cccc(S(=O)(=O)NCC(C)(C)N(C)C)c1. The third kappa shape index (κ3) is 4.78.